The van der Waals surface area contributed by atoms with E-state index in [0.717, 1.165) is 57.8 Å². The van der Waals surface area contributed by atoms with Gasteiger partial charge in [0.25, 0.3) is 0 Å². The summed E-state index contributed by atoms with van der Waals surface area (Å²) in [6, 6.07) is 0. The van der Waals surface area contributed by atoms with Crippen molar-refractivity contribution in [2.45, 2.75) is 197 Å². The van der Waals surface area contributed by atoms with Gasteiger partial charge in [0.1, 0.15) is 55.4 Å². The second-order valence-electron chi connectivity index (χ2n) is 15.2. The zero-order chi connectivity index (χ0) is 42.5. The number of aliphatic hydroxyl groups excluding tert-OH is 7. The van der Waals surface area contributed by atoms with Gasteiger partial charge in [0, 0.05) is 12.8 Å². The maximum absolute atomic E-state index is 12.9. The lowest BCUT2D eigenvalue weighted by molar-refractivity contribution is -0.332. The molecule has 2 rings (SSSR count). The van der Waals surface area contributed by atoms with E-state index in [4.69, 9.17) is 28.4 Å². The van der Waals surface area contributed by atoms with Crippen molar-refractivity contribution >= 4 is 11.9 Å². The molecule has 0 radical (unpaired) electrons. The topological polar surface area (TPSA) is 231 Å². The Balaban J connectivity index is 1.89. The third-order valence-corrected chi connectivity index (χ3v) is 10.2. The Labute approximate surface area is 345 Å². The number of aliphatic hydroxyl groups is 7. The van der Waals surface area contributed by atoms with Crippen LogP contribution in [0.1, 0.15) is 129 Å². The first kappa shape index (κ1) is 51.9. The summed E-state index contributed by atoms with van der Waals surface area (Å²) >= 11 is 0. The lowest BCUT2D eigenvalue weighted by Crippen LogP contribution is -2.61. The number of unbranched alkanes of at least 4 members (excludes halogenated alkanes) is 13. The smallest absolute Gasteiger partial charge is 0.306 e. The van der Waals surface area contributed by atoms with E-state index in [1.807, 2.05) is 24.3 Å². The Morgan fingerprint density at radius 2 is 1.09 bits per heavy atom. The first-order valence-corrected chi connectivity index (χ1v) is 21.6. The summed E-state index contributed by atoms with van der Waals surface area (Å²) in [4.78, 5) is 25.5. The lowest BCUT2D eigenvalue weighted by atomic mass is 9.98. The van der Waals surface area contributed by atoms with Crippen LogP contribution in [0.5, 0.6) is 0 Å². The van der Waals surface area contributed by atoms with E-state index < -0.39 is 92.7 Å². The van der Waals surface area contributed by atoms with E-state index in [-0.39, 0.29) is 26.1 Å². The normalized spacial score (nSPS) is 28.4. The summed E-state index contributed by atoms with van der Waals surface area (Å²) in [5.74, 6) is -0.956. The van der Waals surface area contributed by atoms with Crippen molar-refractivity contribution in [3.8, 4) is 0 Å². The zero-order valence-corrected chi connectivity index (χ0v) is 34.8. The highest BCUT2D eigenvalue weighted by Crippen LogP contribution is 2.26. The molecule has 0 spiro atoms. The number of hydrogen-bond donors (Lipinski definition) is 7. The van der Waals surface area contributed by atoms with Crippen LogP contribution in [0.3, 0.4) is 0 Å². The van der Waals surface area contributed by atoms with E-state index in [0.29, 0.717) is 12.8 Å². The van der Waals surface area contributed by atoms with Crippen LogP contribution >= 0.6 is 0 Å². The lowest BCUT2D eigenvalue weighted by Gasteiger charge is -2.42. The standard InChI is InChI=1S/C43H74O15/c1-3-5-7-9-11-13-14-15-16-18-20-22-24-26-35(46)56-31(28-53-34(45)25-23-21-19-17-12-10-8-6-4-2)29-54-42-41(52)39(50)37(48)33(58-42)30-55-43-40(51)38(49)36(47)32(27-44)57-43/h5,7,9,11,13-14,31-33,36-44,47-52H,3-4,6,8,10,12,15-30H2,1-2H3/b7-5+,11-9+,14-13+/t31?,32-,33-,36+,37+,38?,39?,40?,41?,42-,43-/m1/s1. The van der Waals surface area contributed by atoms with Gasteiger partial charge in [-0.3, -0.25) is 9.59 Å². The van der Waals surface area contributed by atoms with Crippen molar-refractivity contribution in [2.75, 3.05) is 26.4 Å². The van der Waals surface area contributed by atoms with Gasteiger partial charge in [-0.1, -0.05) is 121 Å². The maximum Gasteiger partial charge on any atom is 0.306 e. The first-order chi connectivity index (χ1) is 28.0. The molecule has 11 atom stereocenters. The number of esters is 2. The van der Waals surface area contributed by atoms with Crippen LogP contribution in [0.2, 0.25) is 0 Å². The zero-order valence-electron chi connectivity index (χ0n) is 34.8. The third kappa shape index (κ3) is 20.8. The van der Waals surface area contributed by atoms with E-state index in [2.05, 4.69) is 26.0 Å². The van der Waals surface area contributed by atoms with Crippen LogP contribution < -0.4 is 0 Å². The second kappa shape index (κ2) is 31.6. The van der Waals surface area contributed by atoms with Crippen LogP contribution in [0.25, 0.3) is 0 Å². The molecule has 0 bridgehead atoms. The Morgan fingerprint density at radius 3 is 1.69 bits per heavy atom. The fraction of sp³-hybridized carbons (Fsp3) is 0.814. The largest absolute Gasteiger partial charge is 0.462 e. The van der Waals surface area contributed by atoms with Gasteiger partial charge in [-0.25, -0.2) is 0 Å². The molecule has 15 heteroatoms. The maximum atomic E-state index is 12.9. The highest BCUT2D eigenvalue weighted by atomic mass is 16.7. The van der Waals surface area contributed by atoms with Crippen molar-refractivity contribution in [3.05, 3.63) is 36.5 Å². The third-order valence-electron chi connectivity index (χ3n) is 10.2. The van der Waals surface area contributed by atoms with E-state index in [9.17, 15) is 45.3 Å². The number of carbonyl (C=O) groups is 2. The quantitative estimate of drug-likeness (QED) is 0.0299. The molecule has 7 N–H and O–H groups in total. The van der Waals surface area contributed by atoms with Gasteiger partial charge in [-0.15, -0.1) is 0 Å². The van der Waals surface area contributed by atoms with Crippen molar-refractivity contribution < 1.29 is 73.8 Å². The van der Waals surface area contributed by atoms with E-state index >= 15 is 0 Å². The number of rotatable bonds is 31. The van der Waals surface area contributed by atoms with Gasteiger partial charge < -0.3 is 64.2 Å². The SMILES string of the molecule is CC/C=C/C=C/C=C/CCCCCCCC(=O)OC(COC(=O)CCCCCCCCCCC)CO[C@@H]1O[C@H](CO[C@@H]2O[C@H](CO)[C@H](O)C(O)C2O)[C@H](O)C(O)C1O. The fourth-order valence-corrected chi connectivity index (χ4v) is 6.57. The van der Waals surface area contributed by atoms with E-state index in [1.54, 1.807) is 0 Å². The van der Waals surface area contributed by atoms with Crippen molar-refractivity contribution in [2.24, 2.45) is 0 Å². The number of hydrogen-bond acceptors (Lipinski definition) is 15. The predicted octanol–water partition coefficient (Wildman–Crippen LogP) is 3.81. The minimum absolute atomic E-state index is 0.143. The van der Waals surface area contributed by atoms with Gasteiger partial charge >= 0.3 is 11.9 Å². The summed E-state index contributed by atoms with van der Waals surface area (Å²) in [6.07, 6.45) is 12.1. The van der Waals surface area contributed by atoms with Crippen LogP contribution in [0.4, 0.5) is 0 Å². The van der Waals surface area contributed by atoms with E-state index in [1.165, 1.54) is 32.1 Å². The first-order valence-electron chi connectivity index (χ1n) is 21.6. The molecule has 58 heavy (non-hydrogen) atoms. The van der Waals surface area contributed by atoms with Crippen molar-refractivity contribution in [3.63, 3.8) is 0 Å². The average molecular weight is 831 g/mol. The van der Waals surface area contributed by atoms with Crippen LogP contribution in [-0.4, -0.2) is 142 Å². The van der Waals surface area contributed by atoms with Crippen LogP contribution in [0, 0.1) is 0 Å². The molecule has 336 valence electrons. The molecule has 0 aromatic rings. The summed E-state index contributed by atoms with van der Waals surface area (Å²) in [5, 5.41) is 71.7. The summed E-state index contributed by atoms with van der Waals surface area (Å²) in [5.41, 5.74) is 0. The Morgan fingerprint density at radius 1 is 0.569 bits per heavy atom. The average Bonchev–Trinajstić information content (AvgIpc) is 3.21. The van der Waals surface area contributed by atoms with Crippen molar-refractivity contribution in [1.82, 2.24) is 0 Å². The summed E-state index contributed by atoms with van der Waals surface area (Å²) in [7, 11) is 0. The molecular formula is C43H74O15. The molecule has 2 aliphatic rings. The minimum atomic E-state index is -1.77. The molecule has 2 aliphatic heterocycles. The summed E-state index contributed by atoms with van der Waals surface area (Å²) < 4.78 is 33.3. The van der Waals surface area contributed by atoms with Crippen LogP contribution in [0.15, 0.2) is 36.5 Å². The van der Waals surface area contributed by atoms with Crippen molar-refractivity contribution in [1.29, 1.82) is 0 Å². The monoisotopic (exact) mass is 831 g/mol. The number of carbonyl (C=O) groups excluding carboxylic acids is 2. The molecule has 2 saturated heterocycles. The molecule has 0 saturated carbocycles. The molecule has 0 aliphatic carbocycles. The predicted molar refractivity (Wildman–Crippen MR) is 215 cm³/mol. The number of allylic oxidation sites excluding steroid dienone is 6. The molecule has 0 amide bonds. The van der Waals surface area contributed by atoms with Gasteiger partial charge in [0.15, 0.2) is 18.7 Å². The molecular weight excluding hydrogens is 756 g/mol. The Hall–Kier alpha value is -2.28. The Bertz CT molecular complexity index is 1160. The summed E-state index contributed by atoms with van der Waals surface area (Å²) in [6.45, 7) is 2.37. The highest BCUT2D eigenvalue weighted by molar-refractivity contribution is 5.70. The molecule has 0 aromatic carbocycles. The fourth-order valence-electron chi connectivity index (χ4n) is 6.57. The molecule has 0 aromatic heterocycles. The second-order valence-corrected chi connectivity index (χ2v) is 15.2. The highest BCUT2D eigenvalue weighted by Gasteiger charge is 2.47. The van der Waals surface area contributed by atoms with Gasteiger partial charge in [0.05, 0.1) is 19.8 Å². The van der Waals surface area contributed by atoms with Gasteiger partial charge in [-0.2, -0.15) is 0 Å². The van der Waals surface area contributed by atoms with Gasteiger partial charge in [-0.05, 0) is 32.1 Å². The minimum Gasteiger partial charge on any atom is -0.462 e. The number of ether oxygens (including phenoxy) is 6. The van der Waals surface area contributed by atoms with Crippen LogP contribution in [-0.2, 0) is 38.0 Å². The molecule has 2 heterocycles. The molecule has 15 nitrogen and oxygen atoms in total. The van der Waals surface area contributed by atoms with Gasteiger partial charge in [0.2, 0.25) is 0 Å². The molecule has 2 fully saturated rings. The Kier molecular flexibility index (Phi) is 28.2. The molecule has 5 unspecified atom stereocenters.